The van der Waals surface area contributed by atoms with Crippen molar-refractivity contribution in [1.82, 2.24) is 9.78 Å². The molecule has 1 heterocycles. The molecule has 19 heavy (non-hydrogen) atoms. The molecule has 1 unspecified atom stereocenters. The summed E-state index contributed by atoms with van der Waals surface area (Å²) < 4.78 is 2.19. The topological polar surface area (TPSA) is 43.8 Å². The number of hydrogen-bond donors (Lipinski definition) is 1. The Balaban J connectivity index is 1.93. The smallest absolute Gasteiger partial charge is 0.0640 e. The Morgan fingerprint density at radius 1 is 1.26 bits per heavy atom. The van der Waals surface area contributed by atoms with Crippen LogP contribution in [0.3, 0.4) is 0 Å². The highest BCUT2D eigenvalue weighted by Gasteiger charge is 2.18. The van der Waals surface area contributed by atoms with Crippen molar-refractivity contribution in [3.63, 3.8) is 0 Å². The van der Waals surface area contributed by atoms with Crippen molar-refractivity contribution in [2.24, 2.45) is 11.7 Å². The zero-order chi connectivity index (χ0) is 13.7. The van der Waals surface area contributed by atoms with Gasteiger partial charge in [-0.05, 0) is 24.8 Å². The van der Waals surface area contributed by atoms with E-state index in [1.807, 2.05) is 0 Å². The van der Waals surface area contributed by atoms with Crippen LogP contribution in [-0.2, 0) is 6.42 Å². The van der Waals surface area contributed by atoms with Gasteiger partial charge in [-0.25, -0.2) is 0 Å². The molecule has 0 amide bonds. The van der Waals surface area contributed by atoms with Crippen LogP contribution in [0.1, 0.15) is 70.5 Å². The SMILES string of the molecule is CCC(CC)C(N)Cc1ccn(C2CCCCC2)n1. The van der Waals surface area contributed by atoms with E-state index in [1.165, 1.54) is 50.6 Å². The standard InChI is InChI=1S/C16H29N3/c1-3-13(4-2)16(17)12-14-10-11-19(18-14)15-8-6-5-7-9-15/h10-11,13,15-16H,3-9,12,17H2,1-2H3. The van der Waals surface area contributed by atoms with Crippen molar-refractivity contribution in [3.05, 3.63) is 18.0 Å². The van der Waals surface area contributed by atoms with Gasteiger partial charge in [0, 0.05) is 18.7 Å². The highest BCUT2D eigenvalue weighted by molar-refractivity contribution is 5.03. The zero-order valence-electron chi connectivity index (χ0n) is 12.5. The van der Waals surface area contributed by atoms with Crippen LogP contribution in [0.4, 0.5) is 0 Å². The van der Waals surface area contributed by atoms with Gasteiger partial charge < -0.3 is 5.73 Å². The van der Waals surface area contributed by atoms with E-state index in [2.05, 4.69) is 30.8 Å². The number of rotatable bonds is 6. The molecule has 0 aromatic carbocycles. The van der Waals surface area contributed by atoms with Gasteiger partial charge in [0.15, 0.2) is 0 Å². The molecular formula is C16H29N3. The molecule has 0 aliphatic heterocycles. The summed E-state index contributed by atoms with van der Waals surface area (Å²) >= 11 is 0. The lowest BCUT2D eigenvalue weighted by Crippen LogP contribution is -2.31. The second-order valence-corrected chi connectivity index (χ2v) is 6.02. The molecule has 1 saturated carbocycles. The van der Waals surface area contributed by atoms with Gasteiger partial charge in [-0.15, -0.1) is 0 Å². The maximum absolute atomic E-state index is 6.31. The Hall–Kier alpha value is -0.830. The van der Waals surface area contributed by atoms with Crippen molar-refractivity contribution < 1.29 is 0 Å². The van der Waals surface area contributed by atoms with E-state index in [0.29, 0.717) is 12.0 Å². The van der Waals surface area contributed by atoms with E-state index >= 15 is 0 Å². The monoisotopic (exact) mass is 263 g/mol. The molecule has 0 radical (unpaired) electrons. The van der Waals surface area contributed by atoms with Crippen LogP contribution in [0, 0.1) is 5.92 Å². The van der Waals surface area contributed by atoms with Crippen molar-refractivity contribution >= 4 is 0 Å². The molecule has 0 saturated heterocycles. The average Bonchev–Trinajstić information content (AvgIpc) is 2.89. The molecule has 0 spiro atoms. The van der Waals surface area contributed by atoms with E-state index in [-0.39, 0.29) is 6.04 Å². The summed E-state index contributed by atoms with van der Waals surface area (Å²) in [5, 5.41) is 4.76. The molecule has 1 aliphatic carbocycles. The third kappa shape index (κ3) is 3.82. The van der Waals surface area contributed by atoms with Gasteiger partial charge in [-0.2, -0.15) is 5.10 Å². The lowest BCUT2D eigenvalue weighted by Gasteiger charge is -2.22. The van der Waals surface area contributed by atoms with Gasteiger partial charge in [0.2, 0.25) is 0 Å². The van der Waals surface area contributed by atoms with Crippen molar-refractivity contribution in [2.45, 2.75) is 77.3 Å². The van der Waals surface area contributed by atoms with Gasteiger partial charge in [-0.3, -0.25) is 4.68 Å². The Morgan fingerprint density at radius 2 is 1.95 bits per heavy atom. The maximum atomic E-state index is 6.31. The molecule has 108 valence electrons. The third-order valence-electron chi connectivity index (χ3n) is 4.71. The van der Waals surface area contributed by atoms with E-state index in [0.717, 1.165) is 6.42 Å². The summed E-state index contributed by atoms with van der Waals surface area (Å²) in [5.41, 5.74) is 7.48. The van der Waals surface area contributed by atoms with Crippen LogP contribution in [0.15, 0.2) is 12.3 Å². The fraction of sp³-hybridized carbons (Fsp3) is 0.812. The third-order valence-corrected chi connectivity index (χ3v) is 4.71. The van der Waals surface area contributed by atoms with Crippen LogP contribution in [0.25, 0.3) is 0 Å². The van der Waals surface area contributed by atoms with Crippen molar-refractivity contribution in [3.8, 4) is 0 Å². The highest BCUT2D eigenvalue weighted by atomic mass is 15.3. The molecule has 3 nitrogen and oxygen atoms in total. The molecular weight excluding hydrogens is 234 g/mol. The maximum Gasteiger partial charge on any atom is 0.0640 e. The Bertz CT molecular complexity index is 362. The van der Waals surface area contributed by atoms with Gasteiger partial charge >= 0.3 is 0 Å². The minimum atomic E-state index is 0.254. The predicted molar refractivity (Wildman–Crippen MR) is 80.1 cm³/mol. The second kappa shape index (κ2) is 7.09. The average molecular weight is 263 g/mol. The highest BCUT2D eigenvalue weighted by Crippen LogP contribution is 2.27. The van der Waals surface area contributed by atoms with Gasteiger partial charge in [0.25, 0.3) is 0 Å². The largest absolute Gasteiger partial charge is 0.327 e. The lowest BCUT2D eigenvalue weighted by molar-refractivity contribution is 0.326. The Kier molecular flexibility index (Phi) is 5.44. The van der Waals surface area contributed by atoms with Crippen LogP contribution in [0.5, 0.6) is 0 Å². The fourth-order valence-corrected chi connectivity index (χ4v) is 3.34. The van der Waals surface area contributed by atoms with Gasteiger partial charge in [0.1, 0.15) is 0 Å². The molecule has 1 atom stereocenters. The summed E-state index contributed by atoms with van der Waals surface area (Å²) in [6.07, 6.45) is 12.1. The van der Waals surface area contributed by atoms with E-state index in [1.54, 1.807) is 0 Å². The fourth-order valence-electron chi connectivity index (χ4n) is 3.34. The van der Waals surface area contributed by atoms with E-state index < -0.39 is 0 Å². The first-order valence-electron chi connectivity index (χ1n) is 8.04. The summed E-state index contributed by atoms with van der Waals surface area (Å²) in [7, 11) is 0. The normalized spacial score (nSPS) is 18.9. The molecule has 0 bridgehead atoms. The summed E-state index contributed by atoms with van der Waals surface area (Å²) in [4.78, 5) is 0. The van der Waals surface area contributed by atoms with Crippen molar-refractivity contribution in [1.29, 1.82) is 0 Å². The Labute approximate surface area is 117 Å². The number of nitrogens with zero attached hydrogens (tertiary/aromatic N) is 2. The molecule has 1 aliphatic rings. The van der Waals surface area contributed by atoms with Crippen LogP contribution < -0.4 is 5.73 Å². The number of nitrogens with two attached hydrogens (primary N) is 1. The summed E-state index contributed by atoms with van der Waals surface area (Å²) in [6, 6.07) is 3.05. The van der Waals surface area contributed by atoms with Crippen LogP contribution in [0.2, 0.25) is 0 Å². The van der Waals surface area contributed by atoms with E-state index in [9.17, 15) is 0 Å². The molecule has 1 fully saturated rings. The molecule has 1 aromatic rings. The quantitative estimate of drug-likeness (QED) is 0.850. The first kappa shape index (κ1) is 14.6. The number of hydrogen-bond acceptors (Lipinski definition) is 2. The molecule has 2 N–H and O–H groups in total. The zero-order valence-corrected chi connectivity index (χ0v) is 12.5. The molecule has 3 heteroatoms. The number of aromatic nitrogens is 2. The minimum Gasteiger partial charge on any atom is -0.327 e. The lowest BCUT2D eigenvalue weighted by atomic mass is 9.92. The van der Waals surface area contributed by atoms with Gasteiger partial charge in [0.05, 0.1) is 11.7 Å². The van der Waals surface area contributed by atoms with Crippen molar-refractivity contribution in [2.75, 3.05) is 0 Å². The Morgan fingerprint density at radius 3 is 2.58 bits per heavy atom. The first-order chi connectivity index (χ1) is 9.24. The second-order valence-electron chi connectivity index (χ2n) is 6.02. The van der Waals surface area contributed by atoms with Crippen LogP contribution in [-0.4, -0.2) is 15.8 Å². The van der Waals surface area contributed by atoms with E-state index in [4.69, 9.17) is 10.8 Å². The van der Waals surface area contributed by atoms with Gasteiger partial charge in [-0.1, -0.05) is 46.0 Å². The summed E-state index contributed by atoms with van der Waals surface area (Å²) in [5.74, 6) is 0.625. The molecule has 1 aromatic heterocycles. The first-order valence-corrected chi connectivity index (χ1v) is 8.04. The molecule has 2 rings (SSSR count). The predicted octanol–water partition coefficient (Wildman–Crippen LogP) is 3.69. The minimum absolute atomic E-state index is 0.254. The summed E-state index contributed by atoms with van der Waals surface area (Å²) in [6.45, 7) is 4.46. The van der Waals surface area contributed by atoms with Crippen LogP contribution >= 0.6 is 0 Å².